The molecule has 5 nitrogen and oxygen atoms in total. The zero-order valence-corrected chi connectivity index (χ0v) is 12.9. The molecule has 1 heterocycles. The minimum absolute atomic E-state index is 0.0695. The van der Waals surface area contributed by atoms with E-state index in [1.165, 1.54) is 30.5 Å². The molecule has 0 fully saturated rings. The van der Waals surface area contributed by atoms with E-state index in [2.05, 4.69) is 10.3 Å². The van der Waals surface area contributed by atoms with Crippen LogP contribution in [0.25, 0.3) is 0 Å². The van der Waals surface area contributed by atoms with Gasteiger partial charge in [0.05, 0.1) is 23.5 Å². The van der Waals surface area contributed by atoms with Crippen molar-refractivity contribution in [1.82, 2.24) is 4.98 Å². The largest absolute Gasteiger partial charge is 0.436 e. The molecule has 0 unspecified atom stereocenters. The molecule has 2 aromatic carbocycles. The Morgan fingerprint density at radius 3 is 2.68 bits per heavy atom. The molecule has 1 N–H and O–H groups in total. The molecule has 0 aliphatic heterocycles. The zero-order chi connectivity index (χ0) is 17.6. The highest BCUT2D eigenvalue weighted by Gasteiger charge is 2.08. The van der Waals surface area contributed by atoms with Gasteiger partial charge in [-0.1, -0.05) is 18.2 Å². The summed E-state index contributed by atoms with van der Waals surface area (Å²) in [5.41, 5.74) is 1.22. The van der Waals surface area contributed by atoms with Gasteiger partial charge >= 0.3 is 0 Å². The average molecular weight is 333 g/mol. The third kappa shape index (κ3) is 3.98. The fourth-order valence-corrected chi connectivity index (χ4v) is 2.09. The summed E-state index contributed by atoms with van der Waals surface area (Å²) >= 11 is 0. The quantitative estimate of drug-likeness (QED) is 0.779. The fraction of sp³-hybridized carbons (Fsp3) is 0. The minimum Gasteiger partial charge on any atom is -0.436 e. The topological polar surface area (TPSA) is 75.0 Å². The second kappa shape index (κ2) is 7.23. The zero-order valence-electron chi connectivity index (χ0n) is 12.9. The first-order valence-corrected chi connectivity index (χ1v) is 7.35. The lowest BCUT2D eigenvalue weighted by Crippen LogP contribution is -2.12. The van der Waals surface area contributed by atoms with E-state index in [1.54, 1.807) is 36.4 Å². The number of hydrogen-bond donors (Lipinski definition) is 1. The van der Waals surface area contributed by atoms with E-state index in [4.69, 9.17) is 10.00 Å². The number of rotatable bonds is 4. The van der Waals surface area contributed by atoms with E-state index in [1.807, 2.05) is 6.07 Å². The third-order valence-corrected chi connectivity index (χ3v) is 3.30. The average Bonchev–Trinajstić information content (AvgIpc) is 2.65. The van der Waals surface area contributed by atoms with E-state index in [9.17, 15) is 9.18 Å². The Bertz CT molecular complexity index is 949. The van der Waals surface area contributed by atoms with Crippen LogP contribution < -0.4 is 10.1 Å². The van der Waals surface area contributed by atoms with Crippen molar-refractivity contribution >= 4 is 11.6 Å². The molecular weight excluding hydrogens is 321 g/mol. The standard InChI is InChI=1S/C19H12FN3O2/c20-16-6-1-2-7-17(16)25-18-9-8-15(12-22-18)23-19(24)14-5-3-4-13(10-14)11-21/h1-10,12H,(H,23,24). The Morgan fingerprint density at radius 2 is 1.96 bits per heavy atom. The molecule has 0 aliphatic rings. The first kappa shape index (κ1) is 16.1. The first-order valence-electron chi connectivity index (χ1n) is 7.35. The van der Waals surface area contributed by atoms with Crippen molar-refractivity contribution < 1.29 is 13.9 Å². The smallest absolute Gasteiger partial charge is 0.255 e. The number of nitriles is 1. The number of amides is 1. The van der Waals surface area contributed by atoms with Gasteiger partial charge in [0.15, 0.2) is 11.6 Å². The van der Waals surface area contributed by atoms with E-state index < -0.39 is 5.82 Å². The molecule has 1 aromatic heterocycles. The molecule has 0 atom stereocenters. The lowest BCUT2D eigenvalue weighted by molar-refractivity contribution is 0.102. The highest BCUT2D eigenvalue weighted by atomic mass is 19.1. The van der Waals surface area contributed by atoms with Crippen LogP contribution in [-0.4, -0.2) is 10.9 Å². The summed E-state index contributed by atoms with van der Waals surface area (Å²) in [5.74, 6) is -0.574. The molecule has 0 bridgehead atoms. The minimum atomic E-state index is -0.487. The maximum atomic E-state index is 13.5. The number of carbonyl (C=O) groups excluding carboxylic acids is 1. The van der Waals surface area contributed by atoms with Gasteiger partial charge in [-0.05, 0) is 36.4 Å². The summed E-state index contributed by atoms with van der Waals surface area (Å²) in [6.07, 6.45) is 1.40. The number of nitrogens with one attached hydrogen (secondary N) is 1. The summed E-state index contributed by atoms with van der Waals surface area (Å²) in [4.78, 5) is 16.2. The van der Waals surface area contributed by atoms with Crippen molar-refractivity contribution in [2.24, 2.45) is 0 Å². The Hall–Kier alpha value is -3.72. The second-order valence-corrected chi connectivity index (χ2v) is 5.06. The molecule has 0 radical (unpaired) electrons. The van der Waals surface area contributed by atoms with Gasteiger partial charge in [0.25, 0.3) is 5.91 Å². The number of carbonyl (C=O) groups is 1. The van der Waals surface area contributed by atoms with Crippen LogP contribution in [0.2, 0.25) is 0 Å². The normalized spacial score (nSPS) is 9.92. The number of ether oxygens (including phenoxy) is 1. The maximum Gasteiger partial charge on any atom is 0.255 e. The van der Waals surface area contributed by atoms with E-state index >= 15 is 0 Å². The number of hydrogen-bond acceptors (Lipinski definition) is 4. The van der Waals surface area contributed by atoms with Crippen LogP contribution in [0.1, 0.15) is 15.9 Å². The van der Waals surface area contributed by atoms with E-state index in [0.29, 0.717) is 16.8 Å². The van der Waals surface area contributed by atoms with Gasteiger partial charge in [0, 0.05) is 11.6 Å². The number of anilines is 1. The van der Waals surface area contributed by atoms with Crippen LogP contribution >= 0.6 is 0 Å². The van der Waals surface area contributed by atoms with E-state index in [-0.39, 0.29) is 17.5 Å². The molecule has 0 spiro atoms. The number of pyridine rings is 1. The summed E-state index contributed by atoms with van der Waals surface area (Å²) in [7, 11) is 0. The highest BCUT2D eigenvalue weighted by Crippen LogP contribution is 2.23. The monoisotopic (exact) mass is 333 g/mol. The van der Waals surface area contributed by atoms with Crippen LogP contribution in [0, 0.1) is 17.1 Å². The molecule has 25 heavy (non-hydrogen) atoms. The number of nitrogens with zero attached hydrogens (tertiary/aromatic N) is 2. The van der Waals surface area contributed by atoms with Crippen LogP contribution in [0.4, 0.5) is 10.1 Å². The molecule has 6 heteroatoms. The number of para-hydroxylation sites is 1. The Labute approximate surface area is 143 Å². The van der Waals surface area contributed by atoms with Gasteiger partial charge < -0.3 is 10.1 Å². The lowest BCUT2D eigenvalue weighted by atomic mass is 10.1. The SMILES string of the molecule is N#Cc1cccc(C(=O)Nc2ccc(Oc3ccccc3F)nc2)c1. The van der Waals surface area contributed by atoms with Crippen molar-refractivity contribution in [3.05, 3.63) is 83.8 Å². The predicted molar refractivity (Wildman–Crippen MR) is 89.8 cm³/mol. The van der Waals surface area contributed by atoms with Gasteiger partial charge in [-0.15, -0.1) is 0 Å². The van der Waals surface area contributed by atoms with Crippen LogP contribution in [0.5, 0.6) is 11.6 Å². The molecule has 3 rings (SSSR count). The van der Waals surface area contributed by atoms with Crippen molar-refractivity contribution in [3.8, 4) is 17.7 Å². The van der Waals surface area contributed by atoms with Crippen molar-refractivity contribution in [2.75, 3.05) is 5.32 Å². The molecule has 122 valence electrons. The Morgan fingerprint density at radius 1 is 1.12 bits per heavy atom. The summed E-state index contributed by atoms with van der Waals surface area (Å²) in [5, 5.41) is 11.5. The van der Waals surface area contributed by atoms with Crippen molar-refractivity contribution in [1.29, 1.82) is 5.26 Å². The number of benzene rings is 2. The van der Waals surface area contributed by atoms with Crippen molar-refractivity contribution in [3.63, 3.8) is 0 Å². The van der Waals surface area contributed by atoms with Gasteiger partial charge in [0.2, 0.25) is 5.88 Å². The fourth-order valence-electron chi connectivity index (χ4n) is 2.09. The van der Waals surface area contributed by atoms with Crippen molar-refractivity contribution in [2.45, 2.75) is 0 Å². The second-order valence-electron chi connectivity index (χ2n) is 5.06. The van der Waals surface area contributed by atoms with Crippen LogP contribution in [0.3, 0.4) is 0 Å². The summed E-state index contributed by atoms with van der Waals surface area (Å²) < 4.78 is 18.9. The van der Waals surface area contributed by atoms with E-state index in [0.717, 1.165) is 0 Å². The van der Waals surface area contributed by atoms with Crippen LogP contribution in [0.15, 0.2) is 66.9 Å². The highest BCUT2D eigenvalue weighted by molar-refractivity contribution is 6.04. The number of aromatic nitrogens is 1. The third-order valence-electron chi connectivity index (χ3n) is 3.30. The summed E-state index contributed by atoms with van der Waals surface area (Å²) in [6, 6.07) is 17.5. The molecule has 1 amide bonds. The molecule has 0 aliphatic carbocycles. The molecule has 3 aromatic rings. The Balaban J connectivity index is 1.69. The lowest BCUT2D eigenvalue weighted by Gasteiger charge is -2.08. The number of halogens is 1. The van der Waals surface area contributed by atoms with Crippen LogP contribution in [-0.2, 0) is 0 Å². The molecular formula is C19H12FN3O2. The maximum absolute atomic E-state index is 13.5. The predicted octanol–water partition coefficient (Wildman–Crippen LogP) is 4.14. The summed E-state index contributed by atoms with van der Waals surface area (Å²) in [6.45, 7) is 0. The van der Waals surface area contributed by atoms with Gasteiger partial charge in [0.1, 0.15) is 0 Å². The molecule has 0 saturated heterocycles. The van der Waals surface area contributed by atoms with Gasteiger partial charge in [-0.3, -0.25) is 4.79 Å². The van der Waals surface area contributed by atoms with Gasteiger partial charge in [-0.25, -0.2) is 9.37 Å². The Kier molecular flexibility index (Phi) is 4.67. The first-order chi connectivity index (χ1) is 12.2. The van der Waals surface area contributed by atoms with Gasteiger partial charge in [-0.2, -0.15) is 5.26 Å². The molecule has 0 saturated carbocycles.